The van der Waals surface area contributed by atoms with Crippen LogP contribution < -0.4 is 0 Å². The van der Waals surface area contributed by atoms with E-state index in [1.807, 2.05) is 9.80 Å². The molecule has 2 aliphatic heterocycles. The number of piperidine rings is 2. The third-order valence-electron chi connectivity index (χ3n) is 4.12. The maximum atomic E-state index is 12.5. The van der Waals surface area contributed by atoms with Crippen molar-refractivity contribution in [2.75, 3.05) is 39.9 Å². The summed E-state index contributed by atoms with van der Waals surface area (Å²) in [6.45, 7) is 6.68. The number of ether oxygens (including phenoxy) is 1. The number of carbonyl (C=O) groups is 1. The number of hydrogen-bond acceptors (Lipinski definition) is 2. The molecule has 0 radical (unpaired) electrons. The molecule has 0 aromatic rings. The molecule has 2 heterocycles. The second-order valence-corrected chi connectivity index (χ2v) is 5.89. The molecule has 2 saturated heterocycles. The van der Waals surface area contributed by atoms with E-state index in [4.69, 9.17) is 4.74 Å². The Morgan fingerprint density at radius 2 is 1.83 bits per heavy atom. The lowest BCUT2D eigenvalue weighted by Gasteiger charge is -2.39. The molecule has 4 heteroatoms. The lowest BCUT2D eigenvalue weighted by atomic mass is 9.98. The molecule has 2 amide bonds. The predicted molar refractivity (Wildman–Crippen MR) is 71.5 cm³/mol. The topological polar surface area (TPSA) is 32.8 Å². The molecule has 0 aromatic heterocycles. The van der Waals surface area contributed by atoms with Crippen LogP contribution in [0.25, 0.3) is 0 Å². The first-order chi connectivity index (χ1) is 8.70. The molecule has 2 rings (SSSR count). The minimum absolute atomic E-state index is 0.252. The average molecular weight is 254 g/mol. The van der Waals surface area contributed by atoms with E-state index in [1.165, 1.54) is 12.8 Å². The van der Waals surface area contributed by atoms with Gasteiger partial charge in [-0.1, -0.05) is 6.92 Å². The van der Waals surface area contributed by atoms with Gasteiger partial charge in [0.05, 0.1) is 6.61 Å². The van der Waals surface area contributed by atoms with E-state index in [0.717, 1.165) is 45.6 Å². The van der Waals surface area contributed by atoms with E-state index in [2.05, 4.69) is 6.92 Å². The number of rotatable bonds is 2. The van der Waals surface area contributed by atoms with Crippen molar-refractivity contribution in [1.82, 2.24) is 9.80 Å². The minimum atomic E-state index is 0.252. The van der Waals surface area contributed by atoms with Gasteiger partial charge in [0.2, 0.25) is 0 Å². The molecule has 4 nitrogen and oxygen atoms in total. The standard InChI is InChI=1S/C14H26N2O2/c1-12-5-3-7-15(9-12)14(17)16-8-4-6-13(10-16)11-18-2/h12-13H,3-11H2,1-2H3. The fourth-order valence-electron chi connectivity index (χ4n) is 3.17. The fraction of sp³-hybridized carbons (Fsp3) is 0.929. The summed E-state index contributed by atoms with van der Waals surface area (Å²) in [5, 5.41) is 0. The molecule has 0 N–H and O–H groups in total. The lowest BCUT2D eigenvalue weighted by Crippen LogP contribution is -2.50. The van der Waals surface area contributed by atoms with Crippen LogP contribution in [-0.2, 0) is 4.74 Å². The van der Waals surface area contributed by atoms with Crippen LogP contribution in [0.15, 0.2) is 0 Å². The molecule has 104 valence electrons. The van der Waals surface area contributed by atoms with Crippen molar-refractivity contribution in [2.45, 2.75) is 32.6 Å². The smallest absolute Gasteiger partial charge is 0.320 e. The highest BCUT2D eigenvalue weighted by Gasteiger charge is 2.29. The van der Waals surface area contributed by atoms with Crippen LogP contribution >= 0.6 is 0 Å². The summed E-state index contributed by atoms with van der Waals surface area (Å²) in [6, 6.07) is 0.252. The van der Waals surface area contributed by atoms with E-state index < -0.39 is 0 Å². The van der Waals surface area contributed by atoms with Gasteiger partial charge in [-0.3, -0.25) is 0 Å². The van der Waals surface area contributed by atoms with Crippen molar-refractivity contribution in [1.29, 1.82) is 0 Å². The van der Waals surface area contributed by atoms with E-state index in [-0.39, 0.29) is 6.03 Å². The summed E-state index contributed by atoms with van der Waals surface area (Å²) in [5.41, 5.74) is 0. The quantitative estimate of drug-likeness (QED) is 0.757. The van der Waals surface area contributed by atoms with Crippen molar-refractivity contribution < 1.29 is 9.53 Å². The summed E-state index contributed by atoms with van der Waals surface area (Å²) >= 11 is 0. The number of hydrogen-bond donors (Lipinski definition) is 0. The molecule has 2 aliphatic rings. The van der Waals surface area contributed by atoms with E-state index in [1.54, 1.807) is 7.11 Å². The molecule has 0 aliphatic carbocycles. The van der Waals surface area contributed by atoms with Gasteiger partial charge in [-0.05, 0) is 31.6 Å². The van der Waals surface area contributed by atoms with Crippen LogP contribution in [-0.4, -0.2) is 55.7 Å². The maximum absolute atomic E-state index is 12.5. The SMILES string of the molecule is COCC1CCCN(C(=O)N2CCCC(C)C2)C1. The Hall–Kier alpha value is -0.770. The van der Waals surface area contributed by atoms with Gasteiger partial charge in [-0.25, -0.2) is 4.79 Å². The van der Waals surface area contributed by atoms with Crippen LogP contribution in [0, 0.1) is 11.8 Å². The molecule has 0 saturated carbocycles. The zero-order valence-corrected chi connectivity index (χ0v) is 11.7. The van der Waals surface area contributed by atoms with Gasteiger partial charge < -0.3 is 14.5 Å². The minimum Gasteiger partial charge on any atom is -0.384 e. The zero-order chi connectivity index (χ0) is 13.0. The average Bonchev–Trinajstić information content (AvgIpc) is 2.39. The lowest BCUT2D eigenvalue weighted by molar-refractivity contribution is 0.0808. The molecule has 2 atom stereocenters. The highest BCUT2D eigenvalue weighted by molar-refractivity contribution is 5.74. The van der Waals surface area contributed by atoms with Crippen LogP contribution in [0.3, 0.4) is 0 Å². The van der Waals surface area contributed by atoms with Crippen molar-refractivity contribution >= 4 is 6.03 Å². The van der Waals surface area contributed by atoms with Gasteiger partial charge in [0, 0.05) is 39.2 Å². The summed E-state index contributed by atoms with van der Waals surface area (Å²) in [7, 11) is 1.74. The van der Waals surface area contributed by atoms with E-state index in [0.29, 0.717) is 11.8 Å². The molecule has 2 fully saturated rings. The predicted octanol–water partition coefficient (Wildman–Crippen LogP) is 2.20. The molecule has 0 aromatic carbocycles. The van der Waals surface area contributed by atoms with Gasteiger partial charge in [0.1, 0.15) is 0 Å². The number of likely N-dealkylation sites (tertiary alicyclic amines) is 2. The van der Waals surface area contributed by atoms with Crippen LogP contribution in [0.1, 0.15) is 32.6 Å². The number of urea groups is 1. The highest BCUT2D eigenvalue weighted by atomic mass is 16.5. The summed E-state index contributed by atoms with van der Waals surface area (Å²) in [5.74, 6) is 1.18. The van der Waals surface area contributed by atoms with E-state index in [9.17, 15) is 4.79 Å². The summed E-state index contributed by atoms with van der Waals surface area (Å²) in [6.07, 6.45) is 4.72. The molecule has 0 bridgehead atoms. The molecular weight excluding hydrogens is 228 g/mol. The number of amides is 2. The molecular formula is C14H26N2O2. The Kier molecular flexibility index (Phi) is 4.87. The second kappa shape index (κ2) is 6.41. The van der Waals surface area contributed by atoms with Gasteiger partial charge in [0.25, 0.3) is 0 Å². The van der Waals surface area contributed by atoms with Gasteiger partial charge >= 0.3 is 6.03 Å². The number of carbonyl (C=O) groups excluding carboxylic acids is 1. The Balaban J connectivity index is 1.87. The molecule has 18 heavy (non-hydrogen) atoms. The monoisotopic (exact) mass is 254 g/mol. The first-order valence-electron chi connectivity index (χ1n) is 7.23. The molecule has 0 spiro atoms. The third kappa shape index (κ3) is 3.37. The normalized spacial score (nSPS) is 29.4. The fourth-order valence-corrected chi connectivity index (χ4v) is 3.17. The van der Waals surface area contributed by atoms with E-state index >= 15 is 0 Å². The van der Waals surface area contributed by atoms with Gasteiger partial charge in [-0.2, -0.15) is 0 Å². The summed E-state index contributed by atoms with van der Waals surface area (Å²) in [4.78, 5) is 16.5. The first-order valence-corrected chi connectivity index (χ1v) is 7.23. The Morgan fingerprint density at radius 1 is 1.17 bits per heavy atom. The van der Waals surface area contributed by atoms with Crippen molar-refractivity contribution in [3.63, 3.8) is 0 Å². The highest BCUT2D eigenvalue weighted by Crippen LogP contribution is 2.21. The second-order valence-electron chi connectivity index (χ2n) is 5.89. The first kappa shape index (κ1) is 13.7. The van der Waals surface area contributed by atoms with Crippen LogP contribution in [0.5, 0.6) is 0 Å². The number of methoxy groups -OCH3 is 1. The van der Waals surface area contributed by atoms with Crippen molar-refractivity contribution in [3.05, 3.63) is 0 Å². The molecule has 2 unspecified atom stereocenters. The largest absolute Gasteiger partial charge is 0.384 e. The van der Waals surface area contributed by atoms with Crippen molar-refractivity contribution in [3.8, 4) is 0 Å². The number of nitrogens with zero attached hydrogens (tertiary/aromatic N) is 2. The Morgan fingerprint density at radius 3 is 2.50 bits per heavy atom. The zero-order valence-electron chi connectivity index (χ0n) is 11.7. The third-order valence-corrected chi connectivity index (χ3v) is 4.12. The van der Waals surface area contributed by atoms with Crippen molar-refractivity contribution in [2.24, 2.45) is 11.8 Å². The maximum Gasteiger partial charge on any atom is 0.320 e. The summed E-state index contributed by atoms with van der Waals surface area (Å²) < 4.78 is 5.22. The Labute approximate surface area is 110 Å². The van der Waals surface area contributed by atoms with Crippen LogP contribution in [0.2, 0.25) is 0 Å². The van der Waals surface area contributed by atoms with Gasteiger partial charge in [-0.15, -0.1) is 0 Å². The van der Waals surface area contributed by atoms with Crippen LogP contribution in [0.4, 0.5) is 4.79 Å². The Bertz CT molecular complexity index is 281. The van der Waals surface area contributed by atoms with Gasteiger partial charge in [0.15, 0.2) is 0 Å².